The fourth-order valence-corrected chi connectivity index (χ4v) is 3.29. The molecule has 1 fully saturated rings. The van der Waals surface area contributed by atoms with Crippen LogP contribution in [0.5, 0.6) is 0 Å². The van der Waals surface area contributed by atoms with Gasteiger partial charge < -0.3 is 9.52 Å². The minimum atomic E-state index is -0.839. The van der Waals surface area contributed by atoms with Gasteiger partial charge in [-0.1, -0.05) is 37.6 Å². The second kappa shape index (κ2) is 4.53. The van der Waals surface area contributed by atoms with Crippen LogP contribution in [-0.4, -0.2) is 5.11 Å². The van der Waals surface area contributed by atoms with Gasteiger partial charge in [-0.3, -0.25) is 0 Å². The van der Waals surface area contributed by atoms with Gasteiger partial charge >= 0.3 is 0 Å². The zero-order valence-corrected chi connectivity index (χ0v) is 12.1. The van der Waals surface area contributed by atoms with E-state index in [1.807, 2.05) is 24.3 Å². The molecule has 0 saturated heterocycles. The summed E-state index contributed by atoms with van der Waals surface area (Å²) in [5, 5.41) is 12.4. The van der Waals surface area contributed by atoms with E-state index in [0.717, 1.165) is 24.6 Å². The highest BCUT2D eigenvalue weighted by Crippen LogP contribution is 2.44. The quantitative estimate of drug-likeness (QED) is 0.818. The maximum Gasteiger partial charge on any atom is 0.153 e. The summed E-state index contributed by atoms with van der Waals surface area (Å²) in [6.45, 7) is 4.45. The van der Waals surface area contributed by atoms with Gasteiger partial charge in [0.05, 0.1) is 5.02 Å². The van der Waals surface area contributed by atoms with Crippen molar-refractivity contribution < 1.29 is 9.52 Å². The molecule has 1 saturated carbocycles. The Labute approximate surface area is 118 Å². The van der Waals surface area contributed by atoms with Crippen LogP contribution in [0.25, 0.3) is 11.0 Å². The van der Waals surface area contributed by atoms with Gasteiger partial charge in [0.15, 0.2) is 5.58 Å². The normalized spacial score (nSPS) is 31.8. The van der Waals surface area contributed by atoms with Crippen LogP contribution in [0, 0.1) is 11.8 Å². The first-order valence-corrected chi connectivity index (χ1v) is 7.28. The number of hydrogen-bond acceptors (Lipinski definition) is 2. The van der Waals surface area contributed by atoms with Crippen molar-refractivity contribution in [2.24, 2.45) is 11.8 Å². The summed E-state index contributed by atoms with van der Waals surface area (Å²) in [7, 11) is 0. The van der Waals surface area contributed by atoms with Gasteiger partial charge in [-0.25, -0.2) is 0 Å². The Hall–Kier alpha value is -0.990. The van der Waals surface area contributed by atoms with Crippen molar-refractivity contribution >= 4 is 22.6 Å². The molecular weight excluding hydrogens is 260 g/mol. The molecule has 1 aliphatic carbocycles. The third kappa shape index (κ3) is 2.17. The maximum absolute atomic E-state index is 10.9. The van der Waals surface area contributed by atoms with Gasteiger partial charge in [0.1, 0.15) is 11.4 Å². The van der Waals surface area contributed by atoms with E-state index >= 15 is 0 Å². The summed E-state index contributed by atoms with van der Waals surface area (Å²) in [5.74, 6) is 1.82. The van der Waals surface area contributed by atoms with E-state index in [0.29, 0.717) is 28.2 Å². The Bertz CT molecular complexity index is 604. The van der Waals surface area contributed by atoms with Gasteiger partial charge in [-0.15, -0.1) is 0 Å². The molecule has 0 spiro atoms. The Morgan fingerprint density at radius 2 is 2.11 bits per heavy atom. The molecule has 2 nitrogen and oxygen atoms in total. The highest BCUT2D eigenvalue weighted by Gasteiger charge is 2.40. The van der Waals surface area contributed by atoms with Crippen molar-refractivity contribution in [3.8, 4) is 0 Å². The van der Waals surface area contributed by atoms with E-state index in [4.69, 9.17) is 16.0 Å². The minimum Gasteiger partial charge on any atom is -0.456 e. The standard InChI is InChI=1S/C16H19ClO2/c1-10-6-7-16(18,9-11(10)2)14-8-12-4-3-5-13(17)15(12)19-14/h3-5,8,10-11,18H,6-7,9H2,1-2H3. The molecule has 1 aromatic heterocycles. The molecule has 3 heteroatoms. The summed E-state index contributed by atoms with van der Waals surface area (Å²) >= 11 is 6.13. The van der Waals surface area contributed by atoms with E-state index in [1.165, 1.54) is 0 Å². The molecule has 0 amide bonds. The van der Waals surface area contributed by atoms with E-state index < -0.39 is 5.60 Å². The molecule has 1 N–H and O–H groups in total. The number of halogens is 1. The van der Waals surface area contributed by atoms with Gasteiger partial charge in [0.25, 0.3) is 0 Å². The number of benzene rings is 1. The molecule has 102 valence electrons. The zero-order valence-electron chi connectivity index (χ0n) is 11.3. The third-order valence-electron chi connectivity index (χ3n) is 4.60. The predicted octanol–water partition coefficient (Wildman–Crippen LogP) is 4.73. The minimum absolute atomic E-state index is 0.502. The highest BCUT2D eigenvalue weighted by molar-refractivity contribution is 6.34. The van der Waals surface area contributed by atoms with Crippen LogP contribution in [0.4, 0.5) is 0 Å². The first-order chi connectivity index (χ1) is 8.99. The lowest BCUT2D eigenvalue weighted by Crippen LogP contribution is -2.34. The second-order valence-corrected chi connectivity index (χ2v) is 6.40. The summed E-state index contributed by atoms with van der Waals surface area (Å²) in [5.41, 5.74) is -0.160. The lowest BCUT2D eigenvalue weighted by molar-refractivity contribution is -0.0487. The van der Waals surface area contributed by atoms with Crippen molar-refractivity contribution in [3.63, 3.8) is 0 Å². The number of fused-ring (bicyclic) bond motifs is 1. The topological polar surface area (TPSA) is 33.4 Å². The summed E-state index contributed by atoms with van der Waals surface area (Å²) in [4.78, 5) is 0. The third-order valence-corrected chi connectivity index (χ3v) is 4.90. The first-order valence-electron chi connectivity index (χ1n) is 6.90. The lowest BCUT2D eigenvalue weighted by atomic mass is 9.72. The molecule has 0 radical (unpaired) electrons. The summed E-state index contributed by atoms with van der Waals surface area (Å²) in [6, 6.07) is 7.61. The summed E-state index contributed by atoms with van der Waals surface area (Å²) in [6.07, 6.45) is 2.55. The summed E-state index contributed by atoms with van der Waals surface area (Å²) < 4.78 is 5.84. The molecule has 0 bridgehead atoms. The average Bonchev–Trinajstić information content (AvgIpc) is 2.81. The SMILES string of the molecule is CC1CCC(O)(c2cc3cccc(Cl)c3o2)CC1C. The Morgan fingerprint density at radius 3 is 2.79 bits per heavy atom. The molecule has 3 unspecified atom stereocenters. The van der Waals surface area contributed by atoms with Crippen LogP contribution >= 0.6 is 11.6 Å². The van der Waals surface area contributed by atoms with Crippen molar-refractivity contribution in [1.82, 2.24) is 0 Å². The molecule has 0 aliphatic heterocycles. The highest BCUT2D eigenvalue weighted by atomic mass is 35.5. The number of aliphatic hydroxyl groups is 1. The number of hydrogen-bond donors (Lipinski definition) is 1. The monoisotopic (exact) mass is 278 g/mol. The first kappa shape index (κ1) is 13.0. The number of furan rings is 1. The van der Waals surface area contributed by atoms with Crippen LogP contribution in [0.3, 0.4) is 0 Å². The number of para-hydroxylation sites is 1. The molecule has 2 aromatic rings. The largest absolute Gasteiger partial charge is 0.456 e. The Morgan fingerprint density at radius 1 is 1.32 bits per heavy atom. The average molecular weight is 279 g/mol. The van der Waals surface area contributed by atoms with Crippen LogP contribution in [0.2, 0.25) is 5.02 Å². The van der Waals surface area contributed by atoms with Gasteiger partial charge in [-0.05, 0) is 43.2 Å². The van der Waals surface area contributed by atoms with Gasteiger partial charge in [0.2, 0.25) is 0 Å². The van der Waals surface area contributed by atoms with Crippen LogP contribution < -0.4 is 0 Å². The maximum atomic E-state index is 10.9. The van der Waals surface area contributed by atoms with Crippen molar-refractivity contribution in [2.75, 3.05) is 0 Å². The van der Waals surface area contributed by atoms with E-state index in [1.54, 1.807) is 0 Å². The van der Waals surface area contributed by atoms with E-state index in [2.05, 4.69) is 13.8 Å². The van der Waals surface area contributed by atoms with Gasteiger partial charge in [-0.2, -0.15) is 0 Å². The van der Waals surface area contributed by atoms with Crippen LogP contribution in [-0.2, 0) is 5.60 Å². The second-order valence-electron chi connectivity index (χ2n) is 6.00. The lowest BCUT2D eigenvalue weighted by Gasteiger charge is -2.37. The van der Waals surface area contributed by atoms with E-state index in [-0.39, 0.29) is 0 Å². The molecule has 1 heterocycles. The Kier molecular flexibility index (Phi) is 3.11. The fraction of sp³-hybridized carbons (Fsp3) is 0.500. The van der Waals surface area contributed by atoms with Gasteiger partial charge in [0, 0.05) is 5.39 Å². The smallest absolute Gasteiger partial charge is 0.153 e. The van der Waals surface area contributed by atoms with Crippen LogP contribution in [0.15, 0.2) is 28.7 Å². The predicted molar refractivity (Wildman–Crippen MR) is 77.3 cm³/mol. The van der Waals surface area contributed by atoms with Crippen LogP contribution in [0.1, 0.15) is 38.9 Å². The molecule has 19 heavy (non-hydrogen) atoms. The van der Waals surface area contributed by atoms with Crippen molar-refractivity contribution in [2.45, 2.75) is 38.7 Å². The molecule has 3 atom stereocenters. The van der Waals surface area contributed by atoms with E-state index in [9.17, 15) is 5.11 Å². The van der Waals surface area contributed by atoms with Crippen molar-refractivity contribution in [1.29, 1.82) is 0 Å². The molecule has 1 aliphatic rings. The zero-order chi connectivity index (χ0) is 13.6. The molecular formula is C16H19ClO2. The molecule has 1 aromatic carbocycles. The Balaban J connectivity index is 2.02. The van der Waals surface area contributed by atoms with Crippen molar-refractivity contribution in [3.05, 3.63) is 35.0 Å². The fourth-order valence-electron chi connectivity index (χ4n) is 3.07. The molecule has 3 rings (SSSR count). The number of rotatable bonds is 1.